The van der Waals surface area contributed by atoms with Crippen LogP contribution in [0.5, 0.6) is 11.5 Å². The van der Waals surface area contributed by atoms with Gasteiger partial charge in [-0.05, 0) is 129 Å². The van der Waals surface area contributed by atoms with E-state index in [1.165, 1.54) is 30.9 Å². The first-order valence-corrected chi connectivity index (χ1v) is 23.9. The molecule has 6 rings (SSSR count). The molecular formula is C53H75N3O7. The number of aliphatic carboxylic acids is 1. The second-order valence-electron chi connectivity index (χ2n) is 19.5. The van der Waals surface area contributed by atoms with Gasteiger partial charge in [-0.15, -0.1) is 0 Å². The van der Waals surface area contributed by atoms with Crippen molar-refractivity contribution < 1.29 is 35.4 Å². The van der Waals surface area contributed by atoms with Gasteiger partial charge in [0, 0.05) is 47.5 Å². The van der Waals surface area contributed by atoms with Crippen molar-refractivity contribution in [3.63, 3.8) is 0 Å². The first-order valence-electron chi connectivity index (χ1n) is 23.9. The summed E-state index contributed by atoms with van der Waals surface area (Å²) in [7, 11) is 0. The van der Waals surface area contributed by atoms with Gasteiger partial charge < -0.3 is 46.7 Å². The SMILES string of the molecule is CCCCC[C@@H]1C=C[C@@H](CCCCC[C@H](C(=O)O)[C@H](O)CC[C@]2(O)C[C@H](CC3=CCNC(N)=C3)C[C@H]2Cc2ccc(-c3cc(O)cc(O)c3Cc3ccc(C(C)C)cc3)[nH]2)[C@H](O)C1. The number of phenols is 2. The lowest BCUT2D eigenvalue weighted by molar-refractivity contribution is -0.146. The Bertz CT molecular complexity index is 2040. The van der Waals surface area contributed by atoms with Gasteiger partial charge in [-0.1, -0.05) is 102 Å². The largest absolute Gasteiger partial charge is 0.508 e. The lowest BCUT2D eigenvalue weighted by Crippen LogP contribution is -2.37. The van der Waals surface area contributed by atoms with E-state index >= 15 is 0 Å². The van der Waals surface area contributed by atoms with Crippen molar-refractivity contribution in [1.29, 1.82) is 0 Å². The number of rotatable bonds is 23. The van der Waals surface area contributed by atoms with Gasteiger partial charge in [0.1, 0.15) is 11.5 Å². The summed E-state index contributed by atoms with van der Waals surface area (Å²) in [4.78, 5) is 16.0. The Balaban J connectivity index is 1.09. The van der Waals surface area contributed by atoms with Gasteiger partial charge >= 0.3 is 5.97 Å². The molecule has 8 atom stereocenters. The summed E-state index contributed by atoms with van der Waals surface area (Å²) in [5.41, 5.74) is 11.4. The summed E-state index contributed by atoms with van der Waals surface area (Å²) in [5, 5.41) is 69.7. The Morgan fingerprint density at radius 2 is 1.71 bits per heavy atom. The number of aliphatic hydroxyl groups excluding tert-OH is 2. The molecule has 1 fully saturated rings. The number of aromatic hydroxyl groups is 2. The number of phenolic OH excluding ortho intramolecular Hbond substituents is 2. The van der Waals surface area contributed by atoms with E-state index < -0.39 is 23.6 Å². The van der Waals surface area contributed by atoms with E-state index in [1.54, 1.807) is 6.07 Å². The van der Waals surface area contributed by atoms with Crippen LogP contribution in [-0.2, 0) is 17.6 Å². The van der Waals surface area contributed by atoms with Gasteiger partial charge in [-0.3, -0.25) is 4.79 Å². The second-order valence-corrected chi connectivity index (χ2v) is 19.5. The number of nitrogens with two attached hydrogens (primary N) is 1. The zero-order chi connectivity index (χ0) is 45.1. The molecule has 0 spiro atoms. The van der Waals surface area contributed by atoms with Crippen molar-refractivity contribution in [2.45, 2.75) is 154 Å². The molecule has 0 unspecified atom stereocenters. The van der Waals surface area contributed by atoms with E-state index in [9.17, 15) is 35.4 Å². The molecule has 1 aliphatic heterocycles. The lowest BCUT2D eigenvalue weighted by Gasteiger charge is -2.32. The Labute approximate surface area is 375 Å². The molecule has 63 heavy (non-hydrogen) atoms. The molecule has 10 heteroatoms. The van der Waals surface area contributed by atoms with Crippen molar-refractivity contribution in [1.82, 2.24) is 10.3 Å². The fourth-order valence-electron chi connectivity index (χ4n) is 10.6. The van der Waals surface area contributed by atoms with Crippen molar-refractivity contribution in [2.24, 2.45) is 35.3 Å². The van der Waals surface area contributed by atoms with Crippen LogP contribution in [0.25, 0.3) is 11.3 Å². The minimum absolute atomic E-state index is 0.0185. The van der Waals surface area contributed by atoms with E-state index in [2.05, 4.69) is 73.6 Å². The topological polar surface area (TPSA) is 192 Å². The standard InChI is InChI=1S/C53H75N3O7/c1-4-5-7-10-35-15-18-40(49(59)28-35)11-8-6-9-12-44(52(61)62)48(58)21-23-53(63)33-38(25-37-22-24-55-51(54)29-37)26-41(53)30-42-19-20-47(56-42)45-31-43(57)32-50(60)46(45)27-36-13-16-39(17-14-36)34(2)3/h13-20,22,29,31-32,34-35,38,40-41,44,48-49,55-60,63H,4-12,21,23-28,30,33,54H2,1-3H3,(H,61,62)/t35-,38-,40-,41+,44+,48-,49-,53+/m1/s1. The monoisotopic (exact) mass is 866 g/mol. The molecule has 10 nitrogen and oxygen atoms in total. The normalized spacial score (nSPS) is 24.5. The van der Waals surface area contributed by atoms with E-state index in [0.29, 0.717) is 67.4 Å². The number of hydrogen-bond acceptors (Lipinski definition) is 8. The fourth-order valence-corrected chi connectivity index (χ4v) is 10.6. The van der Waals surface area contributed by atoms with Crippen molar-refractivity contribution in [3.05, 3.63) is 107 Å². The number of allylic oxidation sites excluding steroid dienone is 3. The molecule has 0 radical (unpaired) electrons. The van der Waals surface area contributed by atoms with Gasteiger partial charge in [0.25, 0.3) is 0 Å². The zero-order valence-electron chi connectivity index (χ0n) is 37.9. The number of nitrogens with one attached hydrogen (secondary N) is 2. The number of hydrogen-bond donors (Lipinski definition) is 9. The fraction of sp³-hybridized carbons (Fsp3) is 0.566. The van der Waals surface area contributed by atoms with Crippen molar-refractivity contribution in [3.8, 4) is 22.8 Å². The maximum Gasteiger partial charge on any atom is 0.309 e. The predicted octanol–water partition coefficient (Wildman–Crippen LogP) is 9.75. The average Bonchev–Trinajstić information content (AvgIpc) is 3.83. The number of carboxylic acid groups (broad SMARTS) is 1. The first kappa shape index (κ1) is 48.0. The highest BCUT2D eigenvalue weighted by molar-refractivity contribution is 5.71. The number of dihydropyridines is 1. The number of benzene rings is 2. The summed E-state index contributed by atoms with van der Waals surface area (Å²) in [5.74, 6) is -0.322. The minimum Gasteiger partial charge on any atom is -0.508 e. The van der Waals surface area contributed by atoms with Gasteiger partial charge in [0.2, 0.25) is 0 Å². The Hall–Kier alpha value is -4.51. The third-order valence-corrected chi connectivity index (χ3v) is 14.4. The molecule has 0 saturated heterocycles. The third-order valence-electron chi connectivity index (χ3n) is 14.4. The van der Waals surface area contributed by atoms with Crippen LogP contribution in [0.15, 0.2) is 84.2 Å². The van der Waals surface area contributed by atoms with Gasteiger partial charge in [0.05, 0.1) is 29.5 Å². The summed E-state index contributed by atoms with van der Waals surface area (Å²) in [6, 6.07) is 15.4. The van der Waals surface area contributed by atoms with Crippen LogP contribution in [0.4, 0.5) is 0 Å². The van der Waals surface area contributed by atoms with Gasteiger partial charge in [-0.25, -0.2) is 0 Å². The Morgan fingerprint density at radius 1 is 0.937 bits per heavy atom. The molecule has 10 N–H and O–H groups in total. The summed E-state index contributed by atoms with van der Waals surface area (Å²) in [6.45, 7) is 7.17. The zero-order valence-corrected chi connectivity index (χ0v) is 37.9. The molecule has 344 valence electrons. The highest BCUT2D eigenvalue weighted by Crippen LogP contribution is 2.47. The number of aromatic nitrogens is 1. The van der Waals surface area contributed by atoms with Crippen LogP contribution in [0.2, 0.25) is 0 Å². The average molecular weight is 866 g/mol. The molecule has 2 aromatic carbocycles. The summed E-state index contributed by atoms with van der Waals surface area (Å²) < 4.78 is 0. The van der Waals surface area contributed by atoms with Crippen LogP contribution >= 0.6 is 0 Å². The molecule has 0 bridgehead atoms. The lowest BCUT2D eigenvalue weighted by atomic mass is 9.80. The number of aromatic amines is 1. The van der Waals surface area contributed by atoms with E-state index in [4.69, 9.17) is 5.73 Å². The molecule has 1 saturated carbocycles. The van der Waals surface area contributed by atoms with E-state index in [-0.39, 0.29) is 48.2 Å². The highest BCUT2D eigenvalue weighted by atomic mass is 16.4. The van der Waals surface area contributed by atoms with E-state index in [0.717, 1.165) is 67.5 Å². The molecule has 0 amide bonds. The number of H-pyrrole nitrogens is 1. The Morgan fingerprint density at radius 3 is 2.43 bits per heavy atom. The molecule has 3 aliphatic rings. The molecule has 2 heterocycles. The number of unbranched alkanes of at least 4 members (excludes halogenated alkanes) is 4. The second kappa shape index (κ2) is 22.4. The van der Waals surface area contributed by atoms with Crippen LogP contribution in [0.1, 0.15) is 145 Å². The maximum absolute atomic E-state index is 12.5. The first-order chi connectivity index (χ1) is 30.2. The smallest absolute Gasteiger partial charge is 0.309 e. The number of aliphatic hydroxyl groups is 3. The highest BCUT2D eigenvalue weighted by Gasteiger charge is 2.46. The van der Waals surface area contributed by atoms with Gasteiger partial charge in [0.15, 0.2) is 0 Å². The minimum atomic E-state index is -1.14. The maximum atomic E-state index is 12.5. The van der Waals surface area contributed by atoms with Crippen LogP contribution < -0.4 is 11.1 Å². The summed E-state index contributed by atoms with van der Waals surface area (Å²) >= 11 is 0. The van der Waals surface area contributed by atoms with E-state index in [1.807, 2.05) is 18.2 Å². The molecule has 3 aromatic rings. The number of carboxylic acids is 1. The van der Waals surface area contributed by atoms with Crippen molar-refractivity contribution >= 4 is 5.97 Å². The Kier molecular flexibility index (Phi) is 17.1. The molecule has 2 aliphatic carbocycles. The molecular weight excluding hydrogens is 791 g/mol. The quantitative estimate of drug-likeness (QED) is 0.0330. The van der Waals surface area contributed by atoms with Crippen LogP contribution in [0.3, 0.4) is 0 Å². The van der Waals surface area contributed by atoms with Crippen LogP contribution in [-0.4, -0.2) is 65.9 Å². The summed E-state index contributed by atoms with van der Waals surface area (Å²) in [6.07, 6.45) is 19.8. The van der Waals surface area contributed by atoms with Gasteiger partial charge in [-0.2, -0.15) is 0 Å². The molecule has 1 aromatic heterocycles. The van der Waals surface area contributed by atoms with Crippen LogP contribution in [0, 0.1) is 29.6 Å². The number of carbonyl (C=O) groups is 1. The predicted molar refractivity (Wildman–Crippen MR) is 251 cm³/mol. The van der Waals surface area contributed by atoms with Crippen molar-refractivity contribution in [2.75, 3.05) is 6.54 Å². The third kappa shape index (κ3) is 13.3.